The van der Waals surface area contributed by atoms with E-state index in [1.54, 1.807) is 0 Å². The van der Waals surface area contributed by atoms with Crippen molar-refractivity contribution >= 4 is 0 Å². The summed E-state index contributed by atoms with van der Waals surface area (Å²) in [6.07, 6.45) is 1.93. The van der Waals surface area contributed by atoms with Crippen LogP contribution in [0.3, 0.4) is 0 Å². The molecule has 0 saturated heterocycles. The molecule has 72 valence electrons. The molecule has 0 saturated carbocycles. The lowest BCUT2D eigenvalue weighted by atomic mass is 10.2. The van der Waals surface area contributed by atoms with E-state index < -0.39 is 19.0 Å². The van der Waals surface area contributed by atoms with Crippen LogP contribution >= 0.6 is 0 Å². The van der Waals surface area contributed by atoms with Crippen molar-refractivity contribution in [1.82, 2.24) is 5.01 Å². The summed E-state index contributed by atoms with van der Waals surface area (Å²) in [5, 5.41) is 9.22. The predicted molar refractivity (Wildman–Crippen MR) is 40.9 cm³/mol. The van der Waals surface area contributed by atoms with Crippen molar-refractivity contribution in [3.05, 3.63) is 12.4 Å². The molecule has 12 heavy (non-hydrogen) atoms. The van der Waals surface area contributed by atoms with Crippen LogP contribution in [-0.2, 0) is 0 Å². The van der Waals surface area contributed by atoms with Gasteiger partial charge in [-0.05, 0) is 0 Å². The molecule has 0 aliphatic heterocycles. The summed E-state index contributed by atoms with van der Waals surface area (Å²) in [7, 11) is 0. The lowest BCUT2D eigenvalue weighted by molar-refractivity contribution is -0.0597. The van der Waals surface area contributed by atoms with E-state index >= 15 is 0 Å². The van der Waals surface area contributed by atoms with E-state index in [1.165, 1.54) is 6.20 Å². The summed E-state index contributed by atoms with van der Waals surface area (Å²) in [4.78, 5) is 0. The Morgan fingerprint density at radius 1 is 1.50 bits per heavy atom. The lowest BCUT2D eigenvalue weighted by Gasteiger charge is -2.17. The maximum Gasteiger partial charge on any atom is 0.272 e. The summed E-state index contributed by atoms with van der Waals surface area (Å²) in [6.45, 7) is -1.21. The third-order valence-electron chi connectivity index (χ3n) is 1.24. The van der Waals surface area contributed by atoms with Gasteiger partial charge in [-0.15, -0.1) is 0 Å². The number of rotatable bonds is 5. The molecule has 0 fully saturated rings. The van der Waals surface area contributed by atoms with Gasteiger partial charge in [-0.3, -0.25) is 0 Å². The Bertz CT molecular complexity index is 152. The second-order valence-corrected chi connectivity index (χ2v) is 2.34. The summed E-state index contributed by atoms with van der Waals surface area (Å²) in [5.74, 6) is 2.13. The Labute approximate surface area is 69.4 Å². The van der Waals surface area contributed by atoms with Crippen molar-refractivity contribution in [2.45, 2.75) is 12.3 Å². The summed E-state index contributed by atoms with van der Waals surface area (Å²) < 4.78 is 24.7. The van der Waals surface area contributed by atoms with Crippen LogP contribution in [0.2, 0.25) is 0 Å². The molecular weight excluding hydrogens is 168 g/mol. The van der Waals surface area contributed by atoms with E-state index in [4.69, 9.17) is 16.7 Å². The van der Waals surface area contributed by atoms with Crippen LogP contribution in [0.15, 0.2) is 12.4 Å². The molecule has 0 atom stereocenters. The fraction of sp³-hybridized carbons (Fsp3) is 0.667. The zero-order chi connectivity index (χ0) is 9.61. The molecule has 0 rings (SSSR count). The minimum atomic E-state index is -3.07. The average molecular weight is 181 g/mol. The summed E-state index contributed by atoms with van der Waals surface area (Å²) in [6, 6.07) is 0. The number of alkyl halides is 2. The molecule has 0 bridgehead atoms. The molecule has 0 spiro atoms. The second kappa shape index (κ2) is 4.89. The highest BCUT2D eigenvalue weighted by atomic mass is 19.3. The monoisotopic (exact) mass is 181 g/mol. The predicted octanol–water partition coefficient (Wildman–Crippen LogP) is -0.390. The Morgan fingerprint density at radius 3 is 2.50 bits per heavy atom. The molecule has 0 heterocycles. The molecule has 0 aromatic carbocycles. The highest BCUT2D eigenvalue weighted by Gasteiger charge is 2.27. The fourth-order valence-corrected chi connectivity index (χ4v) is 0.557. The minimum absolute atomic E-state index is 0.0543. The van der Waals surface area contributed by atoms with Crippen molar-refractivity contribution in [2.24, 2.45) is 11.6 Å². The van der Waals surface area contributed by atoms with Gasteiger partial charge in [0.15, 0.2) is 0 Å². The molecule has 0 aliphatic rings. The van der Waals surface area contributed by atoms with Gasteiger partial charge < -0.3 is 15.8 Å². The van der Waals surface area contributed by atoms with Crippen molar-refractivity contribution in [2.75, 3.05) is 13.2 Å². The van der Waals surface area contributed by atoms with Crippen molar-refractivity contribution in [1.29, 1.82) is 0 Å². The topological polar surface area (TPSA) is 75.5 Å². The Kier molecular flexibility index (Phi) is 4.53. The van der Waals surface area contributed by atoms with Crippen LogP contribution in [0, 0.1) is 0 Å². The molecule has 6 heteroatoms. The highest BCUT2D eigenvalue weighted by Crippen LogP contribution is 2.16. The van der Waals surface area contributed by atoms with Gasteiger partial charge in [0.2, 0.25) is 0 Å². The van der Waals surface area contributed by atoms with E-state index in [1.807, 2.05) is 0 Å². The number of hydrogen-bond acceptors (Lipinski definition) is 4. The first-order valence-corrected chi connectivity index (χ1v) is 3.40. The van der Waals surface area contributed by atoms with E-state index in [2.05, 4.69) is 0 Å². The lowest BCUT2D eigenvalue weighted by Crippen LogP contribution is -2.32. The molecule has 5 N–H and O–H groups in total. The summed E-state index contributed by atoms with van der Waals surface area (Å²) in [5.41, 5.74) is 4.96. The maximum absolute atomic E-state index is 12.4. The van der Waals surface area contributed by atoms with Gasteiger partial charge in [0.05, 0.1) is 0 Å². The Morgan fingerprint density at radius 2 is 2.08 bits per heavy atom. The van der Waals surface area contributed by atoms with Crippen LogP contribution in [0.1, 0.15) is 6.42 Å². The van der Waals surface area contributed by atoms with Crippen LogP contribution in [0.25, 0.3) is 0 Å². The first-order chi connectivity index (χ1) is 5.52. The number of hydrazine groups is 1. The Balaban J connectivity index is 3.67. The van der Waals surface area contributed by atoms with Gasteiger partial charge in [-0.25, -0.2) is 14.6 Å². The largest absolute Gasteiger partial charge is 0.403 e. The molecular formula is C6H13F2N3O. The molecule has 0 unspecified atom stereocenters. The van der Waals surface area contributed by atoms with Gasteiger partial charge in [0.1, 0.15) is 6.61 Å². The fourth-order valence-electron chi connectivity index (χ4n) is 0.557. The average Bonchev–Trinajstić information content (AvgIpc) is 2.02. The molecule has 4 nitrogen and oxygen atoms in total. The van der Waals surface area contributed by atoms with E-state index in [0.717, 1.165) is 11.2 Å². The van der Waals surface area contributed by atoms with Gasteiger partial charge in [0.25, 0.3) is 5.92 Å². The van der Waals surface area contributed by atoms with Crippen LogP contribution < -0.4 is 11.6 Å². The van der Waals surface area contributed by atoms with Crippen molar-refractivity contribution < 1.29 is 13.9 Å². The maximum atomic E-state index is 12.4. The standard InChI is InChI=1S/C6H13F2N3O/c7-6(8,5-12)1-3-11(10)4-2-9/h2,4,12H,1,3,5,9-10H2/b4-2-. The van der Waals surface area contributed by atoms with Crippen molar-refractivity contribution in [3.63, 3.8) is 0 Å². The van der Waals surface area contributed by atoms with Gasteiger partial charge in [-0.2, -0.15) is 0 Å². The zero-order valence-electron chi connectivity index (χ0n) is 6.58. The summed E-state index contributed by atoms with van der Waals surface area (Å²) >= 11 is 0. The SMILES string of the molecule is N/C=C\N(N)CCC(F)(F)CO. The van der Waals surface area contributed by atoms with Gasteiger partial charge in [-0.1, -0.05) is 0 Å². The number of nitrogens with two attached hydrogens (primary N) is 2. The first kappa shape index (κ1) is 11.1. The number of aliphatic hydroxyl groups is 1. The first-order valence-electron chi connectivity index (χ1n) is 3.40. The second-order valence-electron chi connectivity index (χ2n) is 2.34. The molecule has 0 radical (unpaired) electrons. The highest BCUT2D eigenvalue weighted by molar-refractivity contribution is 4.75. The van der Waals surface area contributed by atoms with Crippen LogP contribution in [-0.4, -0.2) is 29.2 Å². The normalized spacial score (nSPS) is 12.3. The smallest absolute Gasteiger partial charge is 0.272 e. The number of nitrogens with zero attached hydrogens (tertiary/aromatic N) is 1. The van der Waals surface area contributed by atoms with Crippen molar-refractivity contribution in [3.8, 4) is 0 Å². The minimum Gasteiger partial charge on any atom is -0.403 e. The van der Waals surface area contributed by atoms with Gasteiger partial charge in [0, 0.05) is 25.4 Å². The van der Waals surface area contributed by atoms with Gasteiger partial charge >= 0.3 is 0 Å². The number of halogens is 2. The van der Waals surface area contributed by atoms with Crippen LogP contribution in [0.5, 0.6) is 0 Å². The number of hydrogen-bond donors (Lipinski definition) is 3. The van der Waals surface area contributed by atoms with E-state index in [0.29, 0.717) is 0 Å². The molecule has 0 aliphatic carbocycles. The number of aliphatic hydroxyl groups excluding tert-OH is 1. The van der Waals surface area contributed by atoms with E-state index in [9.17, 15) is 8.78 Å². The third-order valence-corrected chi connectivity index (χ3v) is 1.24. The van der Waals surface area contributed by atoms with Crippen LogP contribution in [0.4, 0.5) is 8.78 Å². The zero-order valence-corrected chi connectivity index (χ0v) is 6.58. The molecule has 0 aromatic rings. The quantitative estimate of drug-likeness (QED) is 0.399. The Hall–Kier alpha value is -0.880. The van der Waals surface area contributed by atoms with E-state index in [-0.39, 0.29) is 6.54 Å². The molecule has 0 amide bonds. The third kappa shape index (κ3) is 4.86. The molecule has 0 aromatic heterocycles.